The summed E-state index contributed by atoms with van der Waals surface area (Å²) in [5, 5.41) is 4.02. The lowest BCUT2D eigenvalue weighted by Crippen LogP contribution is -2.11. The van der Waals surface area contributed by atoms with E-state index in [1.165, 1.54) is 24.0 Å². The Kier molecular flexibility index (Phi) is 4.47. The van der Waals surface area contributed by atoms with Crippen LogP contribution in [0.2, 0.25) is 5.02 Å². The fourth-order valence-electron chi connectivity index (χ4n) is 2.74. The molecule has 3 rings (SSSR count). The van der Waals surface area contributed by atoms with Crippen LogP contribution in [0.3, 0.4) is 0 Å². The SMILES string of the molecule is CCNCc1ccc(Oc2ccc3c(c2)CCC3)cc1Cl. The van der Waals surface area contributed by atoms with Gasteiger partial charge in [-0.3, -0.25) is 0 Å². The molecule has 0 spiro atoms. The Morgan fingerprint density at radius 3 is 2.62 bits per heavy atom. The summed E-state index contributed by atoms with van der Waals surface area (Å²) in [6.45, 7) is 3.80. The molecule has 0 heterocycles. The van der Waals surface area contributed by atoms with Gasteiger partial charge in [-0.25, -0.2) is 0 Å². The average Bonchev–Trinajstić information content (AvgIpc) is 2.94. The van der Waals surface area contributed by atoms with Gasteiger partial charge in [0.05, 0.1) is 0 Å². The van der Waals surface area contributed by atoms with Gasteiger partial charge >= 0.3 is 0 Å². The van der Waals surface area contributed by atoms with Crippen molar-refractivity contribution in [2.75, 3.05) is 6.54 Å². The second-order valence-electron chi connectivity index (χ2n) is 5.42. The number of hydrogen-bond donors (Lipinski definition) is 1. The molecule has 0 saturated heterocycles. The largest absolute Gasteiger partial charge is 0.457 e. The molecule has 1 N–H and O–H groups in total. The summed E-state index contributed by atoms with van der Waals surface area (Å²) in [4.78, 5) is 0. The lowest BCUT2D eigenvalue weighted by Gasteiger charge is -2.10. The number of nitrogens with one attached hydrogen (secondary N) is 1. The van der Waals surface area contributed by atoms with Crippen molar-refractivity contribution in [2.24, 2.45) is 0 Å². The molecule has 21 heavy (non-hydrogen) atoms. The normalized spacial score (nSPS) is 13.2. The van der Waals surface area contributed by atoms with Gasteiger partial charge in [-0.15, -0.1) is 0 Å². The Morgan fingerprint density at radius 1 is 1.05 bits per heavy atom. The second kappa shape index (κ2) is 6.50. The van der Waals surface area contributed by atoms with Crippen LogP contribution in [0.5, 0.6) is 11.5 Å². The van der Waals surface area contributed by atoms with Crippen LogP contribution in [-0.4, -0.2) is 6.54 Å². The molecular weight excluding hydrogens is 282 g/mol. The van der Waals surface area contributed by atoms with Crippen LogP contribution in [0, 0.1) is 0 Å². The molecule has 0 aromatic heterocycles. The van der Waals surface area contributed by atoms with Gasteiger partial charge < -0.3 is 10.1 Å². The van der Waals surface area contributed by atoms with E-state index in [0.29, 0.717) is 0 Å². The van der Waals surface area contributed by atoms with Gasteiger partial charge in [0.2, 0.25) is 0 Å². The quantitative estimate of drug-likeness (QED) is 0.862. The molecular formula is C18H20ClNO. The number of benzene rings is 2. The predicted molar refractivity (Wildman–Crippen MR) is 87.4 cm³/mol. The zero-order valence-corrected chi connectivity index (χ0v) is 13.0. The van der Waals surface area contributed by atoms with Gasteiger partial charge in [0.15, 0.2) is 0 Å². The Bertz CT molecular complexity index is 639. The van der Waals surface area contributed by atoms with Crippen LogP contribution < -0.4 is 10.1 Å². The number of halogens is 1. The minimum atomic E-state index is 0.745. The summed E-state index contributed by atoms with van der Waals surface area (Å²) in [7, 11) is 0. The van der Waals surface area contributed by atoms with Gasteiger partial charge in [-0.2, -0.15) is 0 Å². The van der Waals surface area contributed by atoms with Gasteiger partial charge in [0.25, 0.3) is 0 Å². The highest BCUT2D eigenvalue weighted by Gasteiger charge is 2.11. The lowest BCUT2D eigenvalue weighted by molar-refractivity contribution is 0.482. The molecule has 110 valence electrons. The number of aryl methyl sites for hydroxylation is 2. The van der Waals surface area contributed by atoms with Crippen molar-refractivity contribution in [2.45, 2.75) is 32.7 Å². The highest BCUT2D eigenvalue weighted by molar-refractivity contribution is 6.31. The summed E-state index contributed by atoms with van der Waals surface area (Å²) in [6, 6.07) is 12.3. The monoisotopic (exact) mass is 301 g/mol. The Morgan fingerprint density at radius 2 is 1.81 bits per heavy atom. The molecule has 0 unspecified atom stereocenters. The van der Waals surface area contributed by atoms with E-state index < -0.39 is 0 Å². The molecule has 0 aliphatic heterocycles. The Balaban J connectivity index is 1.74. The van der Waals surface area contributed by atoms with E-state index in [1.54, 1.807) is 0 Å². The maximum Gasteiger partial charge on any atom is 0.128 e. The van der Waals surface area contributed by atoms with Gasteiger partial charge in [-0.1, -0.05) is 30.7 Å². The maximum atomic E-state index is 6.31. The van der Waals surface area contributed by atoms with Gasteiger partial charge in [-0.05, 0) is 66.8 Å². The minimum Gasteiger partial charge on any atom is -0.457 e. The van der Waals surface area contributed by atoms with Crippen LogP contribution in [0.1, 0.15) is 30.0 Å². The van der Waals surface area contributed by atoms with Gasteiger partial charge in [0, 0.05) is 11.6 Å². The fraction of sp³-hybridized carbons (Fsp3) is 0.333. The molecule has 0 saturated carbocycles. The average molecular weight is 302 g/mol. The summed E-state index contributed by atoms with van der Waals surface area (Å²) in [5.74, 6) is 1.68. The van der Waals surface area contributed by atoms with Crippen LogP contribution in [0.15, 0.2) is 36.4 Å². The summed E-state index contributed by atoms with van der Waals surface area (Å²) in [6.07, 6.45) is 3.61. The molecule has 0 bridgehead atoms. The third-order valence-electron chi connectivity index (χ3n) is 3.90. The molecule has 2 aromatic carbocycles. The molecule has 2 aromatic rings. The van der Waals surface area contributed by atoms with E-state index in [4.69, 9.17) is 16.3 Å². The van der Waals surface area contributed by atoms with E-state index in [9.17, 15) is 0 Å². The molecule has 0 fully saturated rings. The third-order valence-corrected chi connectivity index (χ3v) is 4.25. The lowest BCUT2D eigenvalue weighted by atomic mass is 10.1. The van der Waals surface area contributed by atoms with Crippen molar-refractivity contribution in [3.63, 3.8) is 0 Å². The Labute approximate surface area is 131 Å². The van der Waals surface area contributed by atoms with Crippen molar-refractivity contribution in [1.82, 2.24) is 5.32 Å². The van der Waals surface area contributed by atoms with E-state index >= 15 is 0 Å². The van der Waals surface area contributed by atoms with Crippen LogP contribution in [0.25, 0.3) is 0 Å². The molecule has 1 aliphatic carbocycles. The standard InChI is InChI=1S/C18H20ClNO/c1-2-20-12-15-7-9-17(11-18(15)19)21-16-8-6-13-4-3-5-14(13)10-16/h6-11,20H,2-5,12H2,1H3. The summed E-state index contributed by atoms with van der Waals surface area (Å²) < 4.78 is 5.94. The molecule has 0 amide bonds. The van der Waals surface area contributed by atoms with Crippen molar-refractivity contribution in [3.05, 3.63) is 58.1 Å². The third kappa shape index (κ3) is 3.39. The number of ether oxygens (including phenoxy) is 1. The van der Waals surface area contributed by atoms with Crippen LogP contribution in [0.4, 0.5) is 0 Å². The summed E-state index contributed by atoms with van der Waals surface area (Å²) in [5.41, 5.74) is 3.98. The highest BCUT2D eigenvalue weighted by Crippen LogP contribution is 2.30. The number of hydrogen-bond acceptors (Lipinski definition) is 2. The van der Waals surface area contributed by atoms with E-state index in [0.717, 1.165) is 41.6 Å². The second-order valence-corrected chi connectivity index (χ2v) is 5.83. The molecule has 0 atom stereocenters. The van der Waals surface area contributed by atoms with Crippen molar-refractivity contribution in [3.8, 4) is 11.5 Å². The number of fused-ring (bicyclic) bond motifs is 1. The van der Waals surface area contributed by atoms with Gasteiger partial charge in [0.1, 0.15) is 11.5 Å². The summed E-state index contributed by atoms with van der Waals surface area (Å²) >= 11 is 6.31. The zero-order valence-electron chi connectivity index (χ0n) is 12.3. The molecule has 1 aliphatic rings. The van der Waals surface area contributed by atoms with E-state index in [1.807, 2.05) is 24.3 Å². The van der Waals surface area contributed by atoms with Crippen LogP contribution >= 0.6 is 11.6 Å². The highest BCUT2D eigenvalue weighted by atomic mass is 35.5. The van der Waals surface area contributed by atoms with Crippen molar-refractivity contribution in [1.29, 1.82) is 0 Å². The number of rotatable bonds is 5. The maximum absolute atomic E-state index is 6.31. The minimum absolute atomic E-state index is 0.745. The first-order valence-corrected chi connectivity index (χ1v) is 7.93. The topological polar surface area (TPSA) is 21.3 Å². The Hall–Kier alpha value is -1.51. The van der Waals surface area contributed by atoms with Crippen molar-refractivity contribution < 1.29 is 4.74 Å². The van der Waals surface area contributed by atoms with E-state index in [-0.39, 0.29) is 0 Å². The molecule has 0 radical (unpaired) electrons. The van der Waals surface area contributed by atoms with Crippen LogP contribution in [-0.2, 0) is 19.4 Å². The first-order valence-electron chi connectivity index (χ1n) is 7.55. The molecule has 3 heteroatoms. The first-order chi connectivity index (χ1) is 10.3. The van der Waals surface area contributed by atoms with Crippen molar-refractivity contribution >= 4 is 11.6 Å². The smallest absolute Gasteiger partial charge is 0.128 e. The zero-order chi connectivity index (χ0) is 14.7. The van der Waals surface area contributed by atoms with E-state index in [2.05, 4.69) is 24.4 Å². The first kappa shape index (κ1) is 14.4. The molecule has 2 nitrogen and oxygen atoms in total. The predicted octanol–water partition coefficient (Wildman–Crippen LogP) is 4.73. The fourth-order valence-corrected chi connectivity index (χ4v) is 2.98.